The number of carbonyl (C=O) groups is 1. The van der Waals surface area contributed by atoms with Crippen LogP contribution < -0.4 is 9.47 Å². The molecule has 0 amide bonds. The smallest absolute Gasteiger partial charge is 0.338 e. The van der Waals surface area contributed by atoms with Gasteiger partial charge in [0.25, 0.3) is 0 Å². The summed E-state index contributed by atoms with van der Waals surface area (Å²) < 4.78 is 16.3. The summed E-state index contributed by atoms with van der Waals surface area (Å²) in [5.41, 5.74) is 0.503. The molecule has 1 aliphatic rings. The highest BCUT2D eigenvalue weighted by molar-refractivity contribution is 5.90. The van der Waals surface area contributed by atoms with Gasteiger partial charge in [0.2, 0.25) is 0 Å². The van der Waals surface area contributed by atoms with Crippen LogP contribution in [0.15, 0.2) is 18.2 Å². The molecule has 0 aromatic heterocycles. The standard InChI is InChI=1S/C19H28O4/c1-12(2)15-8-6-13(3)10-17(15)23-19(20)14-7-9-16(21-4)18(11-14)22-5/h7,9,11-13,15,17H,6,8,10H2,1-5H3/t13-,15+,17-/m1/s1. The fourth-order valence-electron chi connectivity index (χ4n) is 3.42. The van der Waals surface area contributed by atoms with Gasteiger partial charge in [0.05, 0.1) is 19.8 Å². The van der Waals surface area contributed by atoms with Crippen molar-refractivity contribution < 1.29 is 19.0 Å². The quantitative estimate of drug-likeness (QED) is 0.758. The molecule has 0 aliphatic heterocycles. The SMILES string of the molecule is COc1ccc(C(=O)O[C@@H]2C[C@H](C)CC[C@H]2C(C)C)cc1OC. The third kappa shape index (κ3) is 4.18. The summed E-state index contributed by atoms with van der Waals surface area (Å²) in [5.74, 6) is 2.43. The number of ether oxygens (including phenoxy) is 3. The number of benzene rings is 1. The number of methoxy groups -OCH3 is 2. The fraction of sp³-hybridized carbons (Fsp3) is 0.632. The van der Waals surface area contributed by atoms with E-state index in [4.69, 9.17) is 14.2 Å². The Morgan fingerprint density at radius 1 is 1.13 bits per heavy atom. The van der Waals surface area contributed by atoms with Crippen LogP contribution in [0.25, 0.3) is 0 Å². The van der Waals surface area contributed by atoms with Gasteiger partial charge in [-0.1, -0.05) is 27.2 Å². The molecule has 128 valence electrons. The van der Waals surface area contributed by atoms with Crippen LogP contribution in [0.2, 0.25) is 0 Å². The van der Waals surface area contributed by atoms with Gasteiger partial charge < -0.3 is 14.2 Å². The van der Waals surface area contributed by atoms with Gasteiger partial charge in [-0.3, -0.25) is 0 Å². The van der Waals surface area contributed by atoms with Crippen molar-refractivity contribution in [2.45, 2.75) is 46.1 Å². The van der Waals surface area contributed by atoms with Gasteiger partial charge in [-0.15, -0.1) is 0 Å². The van der Waals surface area contributed by atoms with Crippen LogP contribution in [0, 0.1) is 17.8 Å². The number of esters is 1. The summed E-state index contributed by atoms with van der Waals surface area (Å²) >= 11 is 0. The average molecular weight is 320 g/mol. The van der Waals surface area contributed by atoms with Gasteiger partial charge in [0.1, 0.15) is 6.10 Å². The first kappa shape index (κ1) is 17.6. The Kier molecular flexibility index (Phi) is 5.91. The molecule has 0 N–H and O–H groups in total. The summed E-state index contributed by atoms with van der Waals surface area (Å²) in [4.78, 5) is 12.5. The van der Waals surface area contributed by atoms with Crippen LogP contribution in [0.1, 0.15) is 50.4 Å². The number of carbonyl (C=O) groups excluding carboxylic acids is 1. The van der Waals surface area contributed by atoms with Gasteiger partial charge in [-0.05, 0) is 48.8 Å². The normalized spacial score (nSPS) is 24.3. The van der Waals surface area contributed by atoms with Crippen molar-refractivity contribution in [1.82, 2.24) is 0 Å². The second kappa shape index (κ2) is 7.71. The first-order valence-corrected chi connectivity index (χ1v) is 8.39. The van der Waals surface area contributed by atoms with Gasteiger partial charge in [-0.25, -0.2) is 4.79 Å². The van der Waals surface area contributed by atoms with Crippen molar-refractivity contribution >= 4 is 5.97 Å². The predicted molar refractivity (Wildman–Crippen MR) is 90.1 cm³/mol. The van der Waals surface area contributed by atoms with E-state index in [1.165, 1.54) is 6.42 Å². The summed E-state index contributed by atoms with van der Waals surface area (Å²) in [7, 11) is 3.14. The Bertz CT molecular complexity index is 538. The first-order valence-electron chi connectivity index (χ1n) is 8.39. The maximum atomic E-state index is 12.5. The van der Waals surface area contributed by atoms with E-state index in [1.54, 1.807) is 32.4 Å². The largest absolute Gasteiger partial charge is 0.493 e. The second-order valence-corrected chi connectivity index (χ2v) is 6.84. The van der Waals surface area contributed by atoms with Crippen molar-refractivity contribution in [3.63, 3.8) is 0 Å². The molecule has 0 radical (unpaired) electrons. The number of hydrogen-bond donors (Lipinski definition) is 0. The molecule has 4 heteroatoms. The molecule has 23 heavy (non-hydrogen) atoms. The minimum absolute atomic E-state index is 0.000605. The van der Waals surface area contributed by atoms with E-state index in [9.17, 15) is 4.79 Å². The van der Waals surface area contributed by atoms with E-state index in [0.29, 0.717) is 34.8 Å². The van der Waals surface area contributed by atoms with E-state index in [1.807, 2.05) is 0 Å². The zero-order chi connectivity index (χ0) is 17.0. The lowest BCUT2D eigenvalue weighted by Crippen LogP contribution is -2.35. The molecule has 0 saturated heterocycles. The molecule has 0 spiro atoms. The highest BCUT2D eigenvalue weighted by Gasteiger charge is 2.33. The molecule has 2 rings (SSSR count). The Morgan fingerprint density at radius 3 is 2.43 bits per heavy atom. The van der Waals surface area contributed by atoms with E-state index in [2.05, 4.69) is 20.8 Å². The zero-order valence-electron chi connectivity index (χ0n) is 14.8. The lowest BCUT2D eigenvalue weighted by Gasteiger charge is -2.36. The third-order valence-electron chi connectivity index (χ3n) is 4.84. The lowest BCUT2D eigenvalue weighted by molar-refractivity contribution is -0.0174. The predicted octanol–water partition coefficient (Wildman–Crippen LogP) is 4.32. The van der Waals surface area contributed by atoms with Crippen LogP contribution >= 0.6 is 0 Å². The van der Waals surface area contributed by atoms with Crippen LogP contribution in [-0.4, -0.2) is 26.3 Å². The first-order chi connectivity index (χ1) is 11.0. The molecule has 4 nitrogen and oxygen atoms in total. The van der Waals surface area contributed by atoms with E-state index in [-0.39, 0.29) is 12.1 Å². The Balaban J connectivity index is 2.13. The summed E-state index contributed by atoms with van der Waals surface area (Å²) in [6.07, 6.45) is 3.29. The van der Waals surface area contributed by atoms with E-state index >= 15 is 0 Å². The lowest BCUT2D eigenvalue weighted by atomic mass is 9.75. The van der Waals surface area contributed by atoms with Crippen molar-refractivity contribution in [3.05, 3.63) is 23.8 Å². The average Bonchev–Trinajstić information content (AvgIpc) is 2.53. The summed E-state index contributed by atoms with van der Waals surface area (Å²) in [6.45, 7) is 6.64. The van der Waals surface area contributed by atoms with Crippen LogP contribution in [0.4, 0.5) is 0 Å². The molecule has 1 aliphatic carbocycles. The molecule has 0 bridgehead atoms. The molecule has 1 fully saturated rings. The minimum Gasteiger partial charge on any atom is -0.493 e. The number of rotatable bonds is 5. The van der Waals surface area contributed by atoms with Crippen molar-refractivity contribution in [3.8, 4) is 11.5 Å². The van der Waals surface area contributed by atoms with Gasteiger partial charge in [0.15, 0.2) is 11.5 Å². The maximum Gasteiger partial charge on any atom is 0.338 e. The molecule has 3 atom stereocenters. The van der Waals surface area contributed by atoms with Gasteiger partial charge >= 0.3 is 5.97 Å². The zero-order valence-corrected chi connectivity index (χ0v) is 14.8. The molecule has 1 aromatic carbocycles. The third-order valence-corrected chi connectivity index (χ3v) is 4.84. The molecule has 1 saturated carbocycles. The minimum atomic E-state index is -0.282. The summed E-state index contributed by atoms with van der Waals surface area (Å²) in [6, 6.07) is 5.14. The van der Waals surface area contributed by atoms with Crippen LogP contribution in [-0.2, 0) is 4.74 Å². The Labute approximate surface area is 139 Å². The Morgan fingerprint density at radius 2 is 1.83 bits per heavy atom. The van der Waals surface area contributed by atoms with Crippen molar-refractivity contribution in [2.24, 2.45) is 17.8 Å². The van der Waals surface area contributed by atoms with Crippen molar-refractivity contribution in [1.29, 1.82) is 0 Å². The van der Waals surface area contributed by atoms with Crippen LogP contribution in [0.5, 0.6) is 11.5 Å². The highest BCUT2D eigenvalue weighted by atomic mass is 16.5. The van der Waals surface area contributed by atoms with Crippen LogP contribution in [0.3, 0.4) is 0 Å². The summed E-state index contributed by atoms with van der Waals surface area (Å²) in [5, 5.41) is 0. The van der Waals surface area contributed by atoms with Gasteiger partial charge in [-0.2, -0.15) is 0 Å². The maximum absolute atomic E-state index is 12.5. The Hall–Kier alpha value is -1.71. The molecular weight excluding hydrogens is 292 g/mol. The van der Waals surface area contributed by atoms with E-state index in [0.717, 1.165) is 12.8 Å². The molecular formula is C19H28O4. The number of hydrogen-bond acceptors (Lipinski definition) is 4. The van der Waals surface area contributed by atoms with Gasteiger partial charge in [0, 0.05) is 0 Å². The topological polar surface area (TPSA) is 44.8 Å². The molecule has 1 aromatic rings. The fourth-order valence-corrected chi connectivity index (χ4v) is 3.42. The van der Waals surface area contributed by atoms with Crippen molar-refractivity contribution in [2.75, 3.05) is 14.2 Å². The molecule has 0 heterocycles. The highest BCUT2D eigenvalue weighted by Crippen LogP contribution is 2.36. The van der Waals surface area contributed by atoms with E-state index < -0.39 is 0 Å². The monoisotopic (exact) mass is 320 g/mol. The molecule has 0 unspecified atom stereocenters. The second-order valence-electron chi connectivity index (χ2n) is 6.84.